The number of aromatic nitrogens is 2. The van der Waals surface area contributed by atoms with Crippen molar-refractivity contribution in [3.63, 3.8) is 0 Å². The van der Waals surface area contributed by atoms with Crippen LogP contribution in [-0.2, 0) is 4.74 Å². The third-order valence-electron chi connectivity index (χ3n) is 3.74. The lowest BCUT2D eigenvalue weighted by Crippen LogP contribution is -2.29. The van der Waals surface area contributed by atoms with Crippen LogP contribution in [0.15, 0.2) is 22.9 Å². The fourth-order valence-corrected chi connectivity index (χ4v) is 2.25. The van der Waals surface area contributed by atoms with Crippen LogP contribution >= 0.6 is 0 Å². The second-order valence-corrected chi connectivity index (χ2v) is 5.91. The summed E-state index contributed by atoms with van der Waals surface area (Å²) in [5.74, 6) is 0.372. The van der Waals surface area contributed by atoms with Crippen molar-refractivity contribution in [2.75, 3.05) is 19.8 Å². The number of esters is 1. The molecule has 0 amide bonds. The molecule has 2 aromatic heterocycles. The van der Waals surface area contributed by atoms with E-state index in [1.807, 2.05) is 0 Å². The lowest BCUT2D eigenvalue weighted by atomic mass is 10.2. The number of carbonyl (C=O) groups excluding carboxylic acids is 1. The maximum absolute atomic E-state index is 12.4. The van der Waals surface area contributed by atoms with E-state index in [0.29, 0.717) is 29.4 Å². The quantitative estimate of drug-likeness (QED) is 0.255. The predicted octanol–water partition coefficient (Wildman–Crippen LogP) is 3.51. The van der Waals surface area contributed by atoms with Crippen LogP contribution < -0.4 is 14.2 Å². The van der Waals surface area contributed by atoms with Crippen LogP contribution in [0.4, 0.5) is 0 Å². The topological polar surface area (TPSA) is 97.7 Å². The van der Waals surface area contributed by atoms with E-state index in [1.165, 1.54) is 12.3 Å². The van der Waals surface area contributed by atoms with Crippen LogP contribution in [0, 0.1) is 5.21 Å². The SMILES string of the molecule is CCCCOc1cc(-c2cc(C(=O)OCC)no2)[n+]([O-])cc1OCCCC. The fourth-order valence-electron chi connectivity index (χ4n) is 2.25. The van der Waals surface area contributed by atoms with Gasteiger partial charge in [0.1, 0.15) is 0 Å². The molecule has 148 valence electrons. The van der Waals surface area contributed by atoms with E-state index in [4.69, 9.17) is 18.7 Å². The van der Waals surface area contributed by atoms with Gasteiger partial charge in [0, 0.05) is 6.07 Å². The second kappa shape index (κ2) is 10.4. The first-order chi connectivity index (χ1) is 13.1. The van der Waals surface area contributed by atoms with Gasteiger partial charge in [0.25, 0.3) is 5.69 Å². The van der Waals surface area contributed by atoms with Crippen LogP contribution in [0.25, 0.3) is 11.5 Å². The molecule has 8 nitrogen and oxygen atoms in total. The zero-order chi connectivity index (χ0) is 19.6. The molecule has 27 heavy (non-hydrogen) atoms. The van der Waals surface area contributed by atoms with Gasteiger partial charge in [0.15, 0.2) is 11.4 Å². The highest BCUT2D eigenvalue weighted by atomic mass is 16.5. The van der Waals surface area contributed by atoms with Crippen LogP contribution in [-0.4, -0.2) is 30.9 Å². The first-order valence-electron chi connectivity index (χ1n) is 9.27. The second-order valence-electron chi connectivity index (χ2n) is 5.91. The first-order valence-corrected chi connectivity index (χ1v) is 9.27. The molecule has 2 heterocycles. The van der Waals surface area contributed by atoms with Gasteiger partial charge in [-0.1, -0.05) is 31.8 Å². The summed E-state index contributed by atoms with van der Waals surface area (Å²) in [5, 5.41) is 16.1. The minimum Gasteiger partial charge on any atom is -0.618 e. The summed E-state index contributed by atoms with van der Waals surface area (Å²) < 4.78 is 22.1. The summed E-state index contributed by atoms with van der Waals surface area (Å²) >= 11 is 0. The molecule has 0 radical (unpaired) electrons. The smallest absolute Gasteiger partial charge is 0.360 e. The van der Waals surface area contributed by atoms with Crippen molar-refractivity contribution < 1.29 is 28.3 Å². The normalized spacial score (nSPS) is 10.6. The Bertz CT molecular complexity index is 744. The lowest BCUT2D eigenvalue weighted by molar-refractivity contribution is -0.594. The minimum absolute atomic E-state index is 0.00331. The van der Waals surface area contributed by atoms with Crippen molar-refractivity contribution in [1.82, 2.24) is 5.16 Å². The minimum atomic E-state index is -0.608. The number of hydrogen-bond donors (Lipinski definition) is 0. The largest absolute Gasteiger partial charge is 0.618 e. The highest BCUT2D eigenvalue weighted by molar-refractivity contribution is 5.88. The molecule has 0 atom stereocenters. The zero-order valence-corrected chi connectivity index (χ0v) is 16.0. The van der Waals surface area contributed by atoms with E-state index in [-0.39, 0.29) is 23.8 Å². The van der Waals surface area contributed by atoms with Gasteiger partial charge in [0.2, 0.25) is 17.7 Å². The molecule has 0 aliphatic heterocycles. The number of carbonyl (C=O) groups is 1. The van der Waals surface area contributed by atoms with Gasteiger partial charge in [-0.2, -0.15) is 4.73 Å². The molecular weight excluding hydrogens is 352 g/mol. The summed E-state index contributed by atoms with van der Waals surface area (Å²) in [6, 6.07) is 2.91. The molecule has 2 aromatic rings. The molecule has 0 fully saturated rings. The summed E-state index contributed by atoms with van der Waals surface area (Å²) in [5.41, 5.74) is 0.177. The molecule has 0 N–H and O–H groups in total. The van der Waals surface area contributed by atoms with Gasteiger partial charge in [-0.15, -0.1) is 0 Å². The van der Waals surface area contributed by atoms with E-state index in [9.17, 15) is 10.0 Å². The van der Waals surface area contributed by atoms with E-state index in [0.717, 1.165) is 25.7 Å². The Hall–Kier alpha value is -2.77. The number of pyridine rings is 1. The van der Waals surface area contributed by atoms with Gasteiger partial charge < -0.3 is 23.9 Å². The van der Waals surface area contributed by atoms with Gasteiger partial charge >= 0.3 is 5.97 Å². The van der Waals surface area contributed by atoms with Crippen molar-refractivity contribution in [2.45, 2.75) is 46.5 Å². The number of rotatable bonds is 11. The number of unbranched alkanes of at least 4 members (excludes halogenated alkanes) is 2. The summed E-state index contributed by atoms with van der Waals surface area (Å²) in [6.45, 7) is 7.05. The molecule has 2 rings (SSSR count). The van der Waals surface area contributed by atoms with Crippen LogP contribution in [0.3, 0.4) is 0 Å². The third kappa shape index (κ3) is 5.60. The van der Waals surface area contributed by atoms with Crippen molar-refractivity contribution in [3.8, 4) is 23.0 Å². The first kappa shape index (κ1) is 20.5. The molecule has 0 saturated heterocycles. The fraction of sp³-hybridized carbons (Fsp3) is 0.526. The number of ether oxygens (including phenoxy) is 3. The molecule has 0 aliphatic rings. The average Bonchev–Trinajstić information content (AvgIpc) is 3.14. The van der Waals surface area contributed by atoms with Crippen molar-refractivity contribution >= 4 is 5.97 Å². The Balaban J connectivity index is 2.30. The Kier molecular flexibility index (Phi) is 7.91. The standard InChI is InChI=1S/C19H26N2O6/c1-4-7-9-25-17-12-15(21(23)13-18(17)26-10-8-5-2)16-11-14(20-27-16)19(22)24-6-3/h11-13H,4-10H2,1-3H3. The van der Waals surface area contributed by atoms with Crippen molar-refractivity contribution in [1.29, 1.82) is 0 Å². The van der Waals surface area contributed by atoms with E-state index in [2.05, 4.69) is 19.0 Å². The highest BCUT2D eigenvalue weighted by Crippen LogP contribution is 2.30. The Morgan fingerprint density at radius 3 is 2.41 bits per heavy atom. The zero-order valence-electron chi connectivity index (χ0n) is 16.0. The Morgan fingerprint density at radius 1 is 1.11 bits per heavy atom. The van der Waals surface area contributed by atoms with E-state index in [1.54, 1.807) is 13.0 Å². The molecule has 0 unspecified atom stereocenters. The molecule has 0 saturated carbocycles. The van der Waals surface area contributed by atoms with Gasteiger partial charge in [0.05, 0.1) is 25.9 Å². The Labute approximate surface area is 158 Å². The third-order valence-corrected chi connectivity index (χ3v) is 3.74. The maximum atomic E-state index is 12.4. The van der Waals surface area contributed by atoms with E-state index >= 15 is 0 Å². The van der Waals surface area contributed by atoms with Gasteiger partial charge in [-0.3, -0.25) is 0 Å². The summed E-state index contributed by atoms with van der Waals surface area (Å²) in [7, 11) is 0. The summed E-state index contributed by atoms with van der Waals surface area (Å²) in [6.07, 6.45) is 5.03. The average molecular weight is 378 g/mol. The lowest BCUT2D eigenvalue weighted by Gasteiger charge is -2.13. The van der Waals surface area contributed by atoms with Crippen molar-refractivity contribution in [2.24, 2.45) is 0 Å². The van der Waals surface area contributed by atoms with Crippen molar-refractivity contribution in [3.05, 3.63) is 29.2 Å². The van der Waals surface area contributed by atoms with Crippen LogP contribution in [0.2, 0.25) is 0 Å². The molecule has 0 aromatic carbocycles. The molecule has 0 bridgehead atoms. The molecule has 8 heteroatoms. The molecule has 0 aliphatic carbocycles. The highest BCUT2D eigenvalue weighted by Gasteiger charge is 2.23. The predicted molar refractivity (Wildman–Crippen MR) is 97.7 cm³/mol. The molecular formula is C19H26N2O6. The Morgan fingerprint density at radius 2 is 1.78 bits per heavy atom. The monoisotopic (exact) mass is 378 g/mol. The van der Waals surface area contributed by atoms with Gasteiger partial charge in [-0.25, -0.2) is 4.79 Å². The van der Waals surface area contributed by atoms with E-state index < -0.39 is 5.97 Å². The van der Waals surface area contributed by atoms with Crippen LogP contribution in [0.1, 0.15) is 56.9 Å². The van der Waals surface area contributed by atoms with Gasteiger partial charge in [-0.05, 0) is 19.8 Å². The maximum Gasteiger partial charge on any atom is 0.360 e. The molecule has 0 spiro atoms. The summed E-state index contributed by atoms with van der Waals surface area (Å²) in [4.78, 5) is 11.7. The number of nitrogens with zero attached hydrogens (tertiary/aromatic N) is 2. The van der Waals surface area contributed by atoms with Crippen LogP contribution in [0.5, 0.6) is 11.5 Å². The number of hydrogen-bond acceptors (Lipinski definition) is 7.